The maximum atomic E-state index is 6.71. The molecule has 4 aromatic carbocycles. The second-order valence-electron chi connectivity index (χ2n) is 12.6. The molecule has 8 atom stereocenters. The summed E-state index contributed by atoms with van der Waals surface area (Å²) >= 11 is 0. The summed E-state index contributed by atoms with van der Waals surface area (Å²) in [7, 11) is 1.63. The number of hydrogen-bond acceptors (Lipinski definition) is 8. The van der Waals surface area contributed by atoms with Crippen molar-refractivity contribution in [3.63, 3.8) is 0 Å². The van der Waals surface area contributed by atoms with Crippen molar-refractivity contribution in [3.8, 4) is 0 Å². The second kappa shape index (κ2) is 18.5. The topological polar surface area (TPSA) is 73.8 Å². The summed E-state index contributed by atoms with van der Waals surface area (Å²) in [6.45, 7) is 3.93. The normalized spacial score (nSPS) is 27.1. The summed E-state index contributed by atoms with van der Waals surface area (Å²) < 4.78 is 51.4. The van der Waals surface area contributed by atoms with Crippen molar-refractivity contribution in [3.05, 3.63) is 144 Å². The number of rotatable bonds is 16. The first-order valence-corrected chi connectivity index (χ1v) is 17.2. The van der Waals surface area contributed by atoms with E-state index in [9.17, 15) is 0 Å². The van der Waals surface area contributed by atoms with Crippen LogP contribution >= 0.6 is 0 Å². The third-order valence-corrected chi connectivity index (χ3v) is 9.01. The predicted molar refractivity (Wildman–Crippen MR) is 185 cm³/mol. The van der Waals surface area contributed by atoms with Gasteiger partial charge < -0.3 is 37.9 Å². The largest absolute Gasteiger partial charge is 0.371 e. The number of benzene rings is 4. The van der Waals surface area contributed by atoms with E-state index in [0.717, 1.165) is 28.7 Å². The Labute approximate surface area is 290 Å². The van der Waals surface area contributed by atoms with Gasteiger partial charge in [-0.15, -0.1) is 0 Å². The molecule has 2 aliphatic rings. The summed E-state index contributed by atoms with van der Waals surface area (Å²) in [5, 5.41) is 0. The van der Waals surface area contributed by atoms with E-state index >= 15 is 0 Å². The Balaban J connectivity index is 1.16. The first-order valence-electron chi connectivity index (χ1n) is 17.2. The van der Waals surface area contributed by atoms with Gasteiger partial charge in [-0.2, -0.15) is 0 Å². The molecule has 0 aliphatic carbocycles. The highest BCUT2D eigenvalue weighted by Gasteiger charge is 2.49. The molecule has 0 bridgehead atoms. The lowest BCUT2D eigenvalue weighted by molar-refractivity contribution is -0.330. The monoisotopic (exact) mass is 668 g/mol. The van der Waals surface area contributed by atoms with Crippen LogP contribution in [0.5, 0.6) is 0 Å². The molecule has 2 heterocycles. The molecule has 0 spiro atoms. The van der Waals surface area contributed by atoms with Gasteiger partial charge in [0.05, 0.1) is 45.2 Å². The fourth-order valence-corrected chi connectivity index (χ4v) is 6.32. The molecule has 2 saturated heterocycles. The van der Waals surface area contributed by atoms with Crippen LogP contribution in [0, 0.1) is 0 Å². The van der Waals surface area contributed by atoms with Crippen molar-refractivity contribution in [2.75, 3.05) is 13.7 Å². The van der Waals surface area contributed by atoms with Gasteiger partial charge in [0.2, 0.25) is 0 Å². The average Bonchev–Trinajstić information content (AvgIpc) is 3.16. The summed E-state index contributed by atoms with van der Waals surface area (Å²) in [5.74, 6) is 0. The van der Waals surface area contributed by atoms with Crippen molar-refractivity contribution < 1.29 is 37.9 Å². The van der Waals surface area contributed by atoms with E-state index in [-0.39, 0.29) is 18.8 Å². The highest BCUT2D eigenvalue weighted by molar-refractivity contribution is 5.16. The first kappa shape index (κ1) is 35.4. The third kappa shape index (κ3) is 10.3. The second-order valence-corrected chi connectivity index (χ2v) is 12.6. The Morgan fingerprint density at radius 1 is 0.510 bits per heavy atom. The molecule has 49 heavy (non-hydrogen) atoms. The fraction of sp³-hybridized carbons (Fsp3) is 0.415. The lowest BCUT2D eigenvalue weighted by Crippen LogP contribution is -2.61. The molecule has 6 rings (SSSR count). The zero-order chi connectivity index (χ0) is 33.7. The summed E-state index contributed by atoms with van der Waals surface area (Å²) in [6.07, 6.45) is -1.85. The summed E-state index contributed by atoms with van der Waals surface area (Å²) in [5.41, 5.74) is 4.28. The lowest BCUT2D eigenvalue weighted by Gasteiger charge is -2.46. The van der Waals surface area contributed by atoms with E-state index in [1.54, 1.807) is 7.11 Å². The Hall–Kier alpha value is -3.44. The molecule has 0 saturated carbocycles. The quantitative estimate of drug-likeness (QED) is 0.124. The van der Waals surface area contributed by atoms with E-state index in [2.05, 4.69) is 12.1 Å². The summed E-state index contributed by atoms with van der Waals surface area (Å²) in [4.78, 5) is 0. The van der Waals surface area contributed by atoms with Gasteiger partial charge in [-0.1, -0.05) is 121 Å². The van der Waals surface area contributed by atoms with Crippen LogP contribution in [0.15, 0.2) is 121 Å². The minimum absolute atomic E-state index is 0.0101. The Morgan fingerprint density at radius 3 is 1.43 bits per heavy atom. The van der Waals surface area contributed by atoms with E-state index in [4.69, 9.17) is 37.9 Å². The lowest BCUT2D eigenvalue weighted by atomic mass is 9.97. The highest BCUT2D eigenvalue weighted by Crippen LogP contribution is 2.32. The fourth-order valence-electron chi connectivity index (χ4n) is 6.32. The molecule has 4 aromatic rings. The van der Waals surface area contributed by atoms with Crippen LogP contribution in [-0.2, 0) is 64.3 Å². The molecular weight excluding hydrogens is 620 g/mol. The standard InChI is InChI=1S/C41H48O8/c1-30-35(43-25-31-15-7-3-8-16-31)23-24-37(48-30)44-29-36-38(45-26-32-17-9-4-10-18-32)39(46-27-33-19-11-5-12-20-33)40(41(42-2)49-36)47-28-34-21-13-6-14-22-34/h3-22,30,35-41H,23-29H2,1-2H3/t30-,35+,36+,37-,38+,39-,40+,41-/m0/s1. The number of methoxy groups -OCH3 is 1. The molecular formula is C41H48O8. The van der Waals surface area contributed by atoms with Crippen molar-refractivity contribution in [1.82, 2.24) is 0 Å². The van der Waals surface area contributed by atoms with Crippen LogP contribution in [-0.4, -0.2) is 62.9 Å². The Bertz CT molecular complexity index is 1470. The van der Waals surface area contributed by atoms with Gasteiger partial charge in [0.25, 0.3) is 0 Å². The van der Waals surface area contributed by atoms with Gasteiger partial charge in [-0.3, -0.25) is 0 Å². The highest BCUT2D eigenvalue weighted by atomic mass is 16.7. The Kier molecular flexibility index (Phi) is 13.4. The van der Waals surface area contributed by atoms with E-state index in [1.807, 2.05) is 116 Å². The number of hydrogen-bond donors (Lipinski definition) is 0. The van der Waals surface area contributed by atoms with Gasteiger partial charge in [0.1, 0.15) is 24.4 Å². The van der Waals surface area contributed by atoms with Gasteiger partial charge in [-0.25, -0.2) is 0 Å². The summed E-state index contributed by atoms with van der Waals surface area (Å²) in [6, 6.07) is 40.5. The van der Waals surface area contributed by atoms with Crippen molar-refractivity contribution in [2.45, 2.75) is 95.4 Å². The molecule has 0 amide bonds. The van der Waals surface area contributed by atoms with Crippen LogP contribution in [0.1, 0.15) is 42.0 Å². The maximum absolute atomic E-state index is 6.71. The molecule has 2 aliphatic heterocycles. The molecule has 2 fully saturated rings. The smallest absolute Gasteiger partial charge is 0.186 e. The first-order chi connectivity index (χ1) is 24.2. The molecule has 8 heteroatoms. The molecule has 0 N–H and O–H groups in total. The van der Waals surface area contributed by atoms with E-state index < -0.39 is 37.0 Å². The predicted octanol–water partition coefficient (Wildman–Crippen LogP) is 7.24. The molecule has 0 aromatic heterocycles. The van der Waals surface area contributed by atoms with Crippen LogP contribution in [0.25, 0.3) is 0 Å². The maximum Gasteiger partial charge on any atom is 0.186 e. The minimum atomic E-state index is -0.711. The van der Waals surface area contributed by atoms with E-state index in [1.165, 1.54) is 0 Å². The van der Waals surface area contributed by atoms with Gasteiger partial charge in [-0.05, 0) is 35.6 Å². The zero-order valence-corrected chi connectivity index (χ0v) is 28.4. The zero-order valence-electron chi connectivity index (χ0n) is 28.4. The molecule has 0 radical (unpaired) electrons. The number of ether oxygens (including phenoxy) is 8. The molecule has 8 nitrogen and oxygen atoms in total. The van der Waals surface area contributed by atoms with Crippen molar-refractivity contribution in [2.24, 2.45) is 0 Å². The Morgan fingerprint density at radius 2 is 0.959 bits per heavy atom. The van der Waals surface area contributed by atoms with Crippen LogP contribution in [0.3, 0.4) is 0 Å². The SMILES string of the molecule is CO[C@H]1O[C@H](CO[C@@H]2CC[C@@H](OCc3ccccc3)[C@H](C)O2)[C@@H](OCc2ccccc2)[C@H](OCc2ccccc2)[C@H]1OCc1ccccc1. The van der Waals surface area contributed by atoms with E-state index in [0.29, 0.717) is 32.8 Å². The van der Waals surface area contributed by atoms with Crippen LogP contribution in [0.2, 0.25) is 0 Å². The minimum Gasteiger partial charge on any atom is -0.371 e. The van der Waals surface area contributed by atoms with Gasteiger partial charge in [0.15, 0.2) is 12.6 Å². The molecule has 260 valence electrons. The third-order valence-electron chi connectivity index (χ3n) is 9.01. The van der Waals surface area contributed by atoms with Gasteiger partial charge in [0, 0.05) is 13.5 Å². The molecule has 0 unspecified atom stereocenters. The average molecular weight is 669 g/mol. The van der Waals surface area contributed by atoms with Crippen LogP contribution < -0.4 is 0 Å². The van der Waals surface area contributed by atoms with Crippen molar-refractivity contribution in [1.29, 1.82) is 0 Å². The van der Waals surface area contributed by atoms with Crippen LogP contribution in [0.4, 0.5) is 0 Å². The van der Waals surface area contributed by atoms with Gasteiger partial charge >= 0.3 is 0 Å². The van der Waals surface area contributed by atoms with Crippen molar-refractivity contribution >= 4 is 0 Å².